The van der Waals surface area contributed by atoms with Crippen molar-refractivity contribution in [3.8, 4) is 5.75 Å². The van der Waals surface area contributed by atoms with Gasteiger partial charge in [0.1, 0.15) is 5.75 Å². The molecule has 0 fully saturated rings. The smallest absolute Gasteiger partial charge is 0.387 e. The van der Waals surface area contributed by atoms with Crippen LogP contribution in [-0.4, -0.2) is 31.0 Å². The SMILES string of the molecule is Cc1cc(Br)ccc1NC(=O)CN(C)Cc1ccc(OC(F)F)cc1. The summed E-state index contributed by atoms with van der Waals surface area (Å²) >= 11 is 3.39. The minimum absolute atomic E-state index is 0.116. The van der Waals surface area contributed by atoms with Crippen LogP contribution in [0, 0.1) is 6.92 Å². The molecule has 25 heavy (non-hydrogen) atoms. The van der Waals surface area contributed by atoms with E-state index in [4.69, 9.17) is 0 Å². The molecule has 0 saturated carbocycles. The lowest BCUT2D eigenvalue weighted by atomic mass is 10.2. The van der Waals surface area contributed by atoms with Crippen LogP contribution >= 0.6 is 15.9 Å². The maximum Gasteiger partial charge on any atom is 0.387 e. The van der Waals surface area contributed by atoms with Gasteiger partial charge in [0.2, 0.25) is 5.91 Å². The molecule has 0 aliphatic rings. The van der Waals surface area contributed by atoms with Gasteiger partial charge in [0.25, 0.3) is 0 Å². The number of rotatable bonds is 7. The minimum atomic E-state index is -2.83. The summed E-state index contributed by atoms with van der Waals surface area (Å²) in [7, 11) is 1.82. The molecule has 2 rings (SSSR count). The van der Waals surface area contributed by atoms with Crippen molar-refractivity contribution in [2.75, 3.05) is 18.9 Å². The molecule has 0 unspecified atom stereocenters. The number of benzene rings is 2. The fraction of sp³-hybridized carbons (Fsp3) is 0.278. The average molecular weight is 413 g/mol. The van der Waals surface area contributed by atoms with Gasteiger partial charge in [0, 0.05) is 16.7 Å². The van der Waals surface area contributed by atoms with E-state index < -0.39 is 6.61 Å². The van der Waals surface area contributed by atoms with Crippen molar-refractivity contribution >= 4 is 27.5 Å². The van der Waals surface area contributed by atoms with Crippen LogP contribution in [0.4, 0.5) is 14.5 Å². The van der Waals surface area contributed by atoms with Gasteiger partial charge in [0.05, 0.1) is 6.54 Å². The molecule has 0 heterocycles. The van der Waals surface area contributed by atoms with Gasteiger partial charge in [-0.3, -0.25) is 9.69 Å². The first-order valence-corrected chi connectivity index (χ1v) is 8.41. The van der Waals surface area contributed by atoms with Crippen LogP contribution in [0.1, 0.15) is 11.1 Å². The zero-order valence-electron chi connectivity index (χ0n) is 13.9. The molecule has 7 heteroatoms. The molecule has 0 aliphatic carbocycles. The van der Waals surface area contributed by atoms with Gasteiger partial charge in [-0.05, 0) is 55.4 Å². The Kier molecular flexibility index (Phi) is 6.90. The van der Waals surface area contributed by atoms with E-state index in [2.05, 4.69) is 26.0 Å². The van der Waals surface area contributed by atoms with Gasteiger partial charge in [-0.1, -0.05) is 28.1 Å². The topological polar surface area (TPSA) is 41.6 Å². The van der Waals surface area contributed by atoms with Crippen LogP contribution in [0.25, 0.3) is 0 Å². The molecule has 2 aromatic rings. The third-order valence-electron chi connectivity index (χ3n) is 3.48. The highest BCUT2D eigenvalue weighted by atomic mass is 79.9. The lowest BCUT2D eigenvalue weighted by Crippen LogP contribution is -2.30. The molecule has 0 atom stereocenters. The van der Waals surface area contributed by atoms with E-state index in [1.54, 1.807) is 12.1 Å². The van der Waals surface area contributed by atoms with Gasteiger partial charge in [-0.25, -0.2) is 0 Å². The summed E-state index contributed by atoms with van der Waals surface area (Å²) in [5.74, 6) is -0.00423. The second kappa shape index (κ2) is 8.92. The highest BCUT2D eigenvalue weighted by molar-refractivity contribution is 9.10. The number of halogens is 3. The number of aryl methyl sites for hydroxylation is 1. The first-order chi connectivity index (χ1) is 11.8. The number of nitrogens with one attached hydrogen (secondary N) is 1. The van der Waals surface area contributed by atoms with Crippen molar-refractivity contribution in [3.63, 3.8) is 0 Å². The van der Waals surface area contributed by atoms with Crippen molar-refractivity contribution in [2.45, 2.75) is 20.1 Å². The number of anilines is 1. The van der Waals surface area contributed by atoms with E-state index in [0.29, 0.717) is 6.54 Å². The van der Waals surface area contributed by atoms with Crippen LogP contribution < -0.4 is 10.1 Å². The largest absolute Gasteiger partial charge is 0.435 e. The third-order valence-corrected chi connectivity index (χ3v) is 3.97. The Bertz CT molecular complexity index is 724. The fourth-order valence-corrected chi connectivity index (χ4v) is 2.82. The minimum Gasteiger partial charge on any atom is -0.435 e. The van der Waals surface area contributed by atoms with Crippen LogP contribution in [0.3, 0.4) is 0 Å². The maximum absolute atomic E-state index is 12.2. The number of carbonyl (C=O) groups is 1. The molecule has 1 N–H and O–H groups in total. The summed E-state index contributed by atoms with van der Waals surface area (Å²) in [6.45, 7) is -0.182. The van der Waals surface area contributed by atoms with Crippen LogP contribution in [-0.2, 0) is 11.3 Å². The first-order valence-electron chi connectivity index (χ1n) is 7.62. The molecular weight excluding hydrogens is 394 g/mol. The maximum atomic E-state index is 12.2. The van der Waals surface area contributed by atoms with Crippen molar-refractivity contribution in [1.29, 1.82) is 0 Å². The lowest BCUT2D eigenvalue weighted by Gasteiger charge is -2.17. The molecule has 0 saturated heterocycles. The van der Waals surface area contributed by atoms with E-state index in [1.165, 1.54) is 12.1 Å². The number of nitrogens with zero attached hydrogens (tertiary/aromatic N) is 1. The van der Waals surface area contributed by atoms with Gasteiger partial charge in [0.15, 0.2) is 0 Å². The Morgan fingerprint density at radius 1 is 1.24 bits per heavy atom. The summed E-state index contributed by atoms with van der Waals surface area (Å²) in [5.41, 5.74) is 2.65. The third kappa shape index (κ3) is 6.43. The zero-order chi connectivity index (χ0) is 18.4. The number of hydrogen-bond acceptors (Lipinski definition) is 3. The van der Waals surface area contributed by atoms with Crippen LogP contribution in [0.5, 0.6) is 5.75 Å². The summed E-state index contributed by atoms with van der Waals surface area (Å²) in [5, 5.41) is 2.88. The molecule has 0 bridgehead atoms. The van der Waals surface area contributed by atoms with E-state index in [-0.39, 0.29) is 18.2 Å². The van der Waals surface area contributed by atoms with E-state index in [9.17, 15) is 13.6 Å². The molecule has 2 aromatic carbocycles. The van der Waals surface area contributed by atoms with Crippen molar-refractivity contribution in [2.24, 2.45) is 0 Å². The Morgan fingerprint density at radius 2 is 1.92 bits per heavy atom. The standard InChI is InChI=1S/C18H19BrF2N2O2/c1-12-9-14(19)5-8-16(12)22-17(24)11-23(2)10-13-3-6-15(7-4-13)25-18(20)21/h3-9,18H,10-11H2,1-2H3,(H,22,24). The predicted octanol–water partition coefficient (Wildman–Crippen LogP) is 4.43. The quantitative estimate of drug-likeness (QED) is 0.731. The van der Waals surface area contributed by atoms with Crippen LogP contribution in [0.15, 0.2) is 46.9 Å². The first kappa shape index (κ1) is 19.3. The Morgan fingerprint density at radius 3 is 2.52 bits per heavy atom. The molecule has 4 nitrogen and oxygen atoms in total. The number of carbonyl (C=O) groups excluding carboxylic acids is 1. The van der Waals surface area contributed by atoms with Crippen molar-refractivity contribution in [3.05, 3.63) is 58.1 Å². The fourth-order valence-electron chi connectivity index (χ4n) is 2.35. The monoisotopic (exact) mass is 412 g/mol. The summed E-state index contributed by atoms with van der Waals surface area (Å²) in [6, 6.07) is 12.0. The lowest BCUT2D eigenvalue weighted by molar-refractivity contribution is -0.117. The average Bonchev–Trinajstić information content (AvgIpc) is 2.51. The van der Waals surface area contributed by atoms with E-state index in [0.717, 1.165) is 21.3 Å². The van der Waals surface area contributed by atoms with Gasteiger partial charge >= 0.3 is 6.61 Å². The molecule has 0 aromatic heterocycles. The summed E-state index contributed by atoms with van der Waals surface area (Å²) in [6.07, 6.45) is 0. The molecule has 1 amide bonds. The van der Waals surface area contributed by atoms with E-state index in [1.807, 2.05) is 37.1 Å². The highest BCUT2D eigenvalue weighted by Crippen LogP contribution is 2.20. The number of hydrogen-bond donors (Lipinski definition) is 1. The zero-order valence-corrected chi connectivity index (χ0v) is 15.5. The molecule has 0 aliphatic heterocycles. The second-order valence-corrected chi connectivity index (χ2v) is 6.62. The molecular formula is C18H19BrF2N2O2. The van der Waals surface area contributed by atoms with Gasteiger partial charge in [-0.2, -0.15) is 8.78 Å². The van der Waals surface area contributed by atoms with Crippen molar-refractivity contribution in [1.82, 2.24) is 4.90 Å². The number of ether oxygens (including phenoxy) is 1. The van der Waals surface area contributed by atoms with Crippen molar-refractivity contribution < 1.29 is 18.3 Å². The Balaban J connectivity index is 1.86. The number of alkyl halides is 2. The van der Waals surface area contributed by atoms with Gasteiger partial charge < -0.3 is 10.1 Å². The highest BCUT2D eigenvalue weighted by Gasteiger charge is 2.10. The molecule has 134 valence electrons. The molecule has 0 radical (unpaired) electrons. The van der Waals surface area contributed by atoms with Crippen LogP contribution in [0.2, 0.25) is 0 Å². The Hall–Kier alpha value is -1.99. The summed E-state index contributed by atoms with van der Waals surface area (Å²) in [4.78, 5) is 14.0. The number of amides is 1. The second-order valence-electron chi connectivity index (χ2n) is 5.70. The predicted molar refractivity (Wildman–Crippen MR) is 96.9 cm³/mol. The summed E-state index contributed by atoms with van der Waals surface area (Å²) < 4.78 is 29.5. The van der Waals surface area contributed by atoms with E-state index >= 15 is 0 Å². The molecule has 0 spiro atoms. The Labute approximate surface area is 153 Å². The number of likely N-dealkylation sites (N-methyl/N-ethyl adjacent to an activating group) is 1. The van der Waals surface area contributed by atoms with Gasteiger partial charge in [-0.15, -0.1) is 0 Å². The normalized spacial score (nSPS) is 11.0.